The average Bonchev–Trinajstić information content (AvgIpc) is 2.63. The van der Waals surface area contributed by atoms with Gasteiger partial charge in [-0.1, -0.05) is 54.1 Å². The van der Waals surface area contributed by atoms with E-state index in [0.717, 1.165) is 10.9 Å². The molecule has 0 bridgehead atoms. The highest BCUT2D eigenvalue weighted by Crippen LogP contribution is 2.29. The van der Waals surface area contributed by atoms with Crippen LogP contribution in [0.1, 0.15) is 20.7 Å². The van der Waals surface area contributed by atoms with Crippen molar-refractivity contribution in [1.82, 2.24) is 4.98 Å². The van der Waals surface area contributed by atoms with Crippen LogP contribution in [0.5, 0.6) is 0 Å². The molecule has 0 fully saturated rings. The Labute approximate surface area is 142 Å². The first-order chi connectivity index (χ1) is 11.6. The number of hydrogen-bond donors (Lipinski definition) is 1. The van der Waals surface area contributed by atoms with Crippen molar-refractivity contribution in [1.29, 1.82) is 0 Å². The van der Waals surface area contributed by atoms with Gasteiger partial charge in [-0.3, -0.25) is 14.6 Å². The second-order valence-electron chi connectivity index (χ2n) is 5.43. The monoisotopic (exact) mass is 334 g/mol. The molecule has 0 radical (unpaired) electrons. The standard InChI is InChI=1S/C19H11ClN2O2/c20-16-17(19(24)14-7-3-2-6-13(14)18(16)23)22-12-9-11-5-1-4-8-15(11)21-10-12/h1-10,22H. The Morgan fingerprint density at radius 3 is 2.33 bits per heavy atom. The second kappa shape index (κ2) is 5.58. The minimum absolute atomic E-state index is 0.0810. The van der Waals surface area contributed by atoms with Gasteiger partial charge < -0.3 is 5.32 Å². The topological polar surface area (TPSA) is 59.1 Å². The number of benzene rings is 2. The zero-order valence-electron chi connectivity index (χ0n) is 12.4. The van der Waals surface area contributed by atoms with Gasteiger partial charge in [-0.25, -0.2) is 0 Å². The third-order valence-corrected chi connectivity index (χ3v) is 4.28. The fraction of sp³-hybridized carbons (Fsp3) is 0. The Kier molecular flexibility index (Phi) is 3.40. The zero-order valence-corrected chi connectivity index (χ0v) is 13.2. The lowest BCUT2D eigenvalue weighted by molar-refractivity contribution is 0.0982. The highest BCUT2D eigenvalue weighted by Gasteiger charge is 2.31. The maximum atomic E-state index is 12.7. The molecule has 0 aliphatic heterocycles. The van der Waals surface area contributed by atoms with Crippen molar-refractivity contribution in [2.24, 2.45) is 0 Å². The number of carbonyl (C=O) groups excluding carboxylic acids is 2. The molecule has 0 saturated heterocycles. The molecule has 1 aliphatic rings. The summed E-state index contributed by atoms with van der Waals surface area (Å²) in [5.74, 6) is -0.661. The Morgan fingerprint density at radius 2 is 1.54 bits per heavy atom. The average molecular weight is 335 g/mol. The summed E-state index contributed by atoms with van der Waals surface area (Å²) in [5, 5.41) is 3.78. The summed E-state index contributed by atoms with van der Waals surface area (Å²) >= 11 is 6.15. The smallest absolute Gasteiger partial charge is 0.211 e. The number of para-hydroxylation sites is 1. The molecule has 5 heteroatoms. The number of carbonyl (C=O) groups is 2. The highest BCUT2D eigenvalue weighted by atomic mass is 35.5. The first kappa shape index (κ1) is 14.6. The number of pyridine rings is 1. The maximum Gasteiger partial charge on any atom is 0.211 e. The van der Waals surface area contributed by atoms with Crippen molar-refractivity contribution in [2.75, 3.05) is 5.32 Å². The van der Waals surface area contributed by atoms with Gasteiger partial charge in [0, 0.05) is 16.5 Å². The third-order valence-electron chi connectivity index (χ3n) is 3.92. The summed E-state index contributed by atoms with van der Waals surface area (Å²) in [6, 6.07) is 16.2. The molecular weight excluding hydrogens is 324 g/mol. The maximum absolute atomic E-state index is 12.7. The van der Waals surface area contributed by atoms with Crippen LogP contribution in [0.3, 0.4) is 0 Å². The normalized spacial score (nSPS) is 14.0. The van der Waals surface area contributed by atoms with E-state index in [1.165, 1.54) is 0 Å². The van der Waals surface area contributed by atoms with Gasteiger partial charge in [-0.2, -0.15) is 0 Å². The third kappa shape index (κ3) is 2.28. The zero-order chi connectivity index (χ0) is 16.7. The van der Waals surface area contributed by atoms with Crippen molar-refractivity contribution in [3.8, 4) is 0 Å². The van der Waals surface area contributed by atoms with Crippen molar-refractivity contribution in [2.45, 2.75) is 0 Å². The lowest BCUT2D eigenvalue weighted by atomic mass is 9.92. The number of hydrogen-bond acceptors (Lipinski definition) is 4. The molecule has 0 unspecified atom stereocenters. The van der Waals surface area contributed by atoms with E-state index in [0.29, 0.717) is 16.8 Å². The highest BCUT2D eigenvalue weighted by molar-refractivity contribution is 6.50. The van der Waals surface area contributed by atoms with E-state index < -0.39 is 0 Å². The molecule has 1 heterocycles. The van der Waals surface area contributed by atoms with E-state index in [9.17, 15) is 9.59 Å². The van der Waals surface area contributed by atoms with Crippen LogP contribution >= 0.6 is 11.6 Å². The lowest BCUT2D eigenvalue weighted by Gasteiger charge is -2.18. The molecule has 116 valence electrons. The number of nitrogens with one attached hydrogen (secondary N) is 1. The summed E-state index contributed by atoms with van der Waals surface area (Å²) in [7, 11) is 0. The first-order valence-electron chi connectivity index (χ1n) is 7.35. The molecule has 1 aliphatic carbocycles. The fourth-order valence-electron chi connectivity index (χ4n) is 2.74. The van der Waals surface area contributed by atoms with Gasteiger partial charge in [0.05, 0.1) is 17.4 Å². The predicted molar refractivity (Wildman–Crippen MR) is 93.3 cm³/mol. The molecule has 0 spiro atoms. The number of anilines is 1. The SMILES string of the molecule is O=C1C(Cl)=C(Nc2cnc3ccccc3c2)C(=O)c2ccccc21. The minimum atomic E-state index is -0.358. The number of halogens is 1. The molecule has 24 heavy (non-hydrogen) atoms. The Balaban J connectivity index is 1.76. The number of allylic oxidation sites excluding steroid dienone is 2. The Bertz CT molecular complexity index is 1040. The van der Waals surface area contributed by atoms with Gasteiger partial charge in [-0.15, -0.1) is 0 Å². The molecule has 1 N–H and O–H groups in total. The minimum Gasteiger partial charge on any atom is -0.350 e. The molecule has 4 rings (SSSR count). The van der Waals surface area contributed by atoms with Gasteiger partial charge in [0.15, 0.2) is 0 Å². The summed E-state index contributed by atoms with van der Waals surface area (Å²) in [6.07, 6.45) is 1.61. The summed E-state index contributed by atoms with van der Waals surface area (Å²) in [6.45, 7) is 0. The van der Waals surface area contributed by atoms with Crippen LogP contribution in [0, 0.1) is 0 Å². The summed E-state index contributed by atoms with van der Waals surface area (Å²) in [4.78, 5) is 29.4. The quantitative estimate of drug-likeness (QED) is 0.764. The lowest BCUT2D eigenvalue weighted by Crippen LogP contribution is -2.24. The van der Waals surface area contributed by atoms with Crippen molar-refractivity contribution < 1.29 is 9.59 Å². The second-order valence-corrected chi connectivity index (χ2v) is 5.81. The summed E-state index contributed by atoms with van der Waals surface area (Å²) < 4.78 is 0. The van der Waals surface area contributed by atoms with Crippen LogP contribution in [0.2, 0.25) is 0 Å². The molecule has 4 nitrogen and oxygen atoms in total. The largest absolute Gasteiger partial charge is 0.350 e. The van der Waals surface area contributed by atoms with Crippen LogP contribution in [0.25, 0.3) is 10.9 Å². The van der Waals surface area contributed by atoms with E-state index in [4.69, 9.17) is 11.6 Å². The van der Waals surface area contributed by atoms with Crippen LogP contribution in [0.15, 0.2) is 71.5 Å². The molecule has 0 amide bonds. The molecule has 2 aromatic carbocycles. The van der Waals surface area contributed by atoms with Gasteiger partial charge in [0.25, 0.3) is 0 Å². The van der Waals surface area contributed by atoms with Crippen molar-refractivity contribution in [3.05, 3.63) is 82.7 Å². The van der Waals surface area contributed by atoms with Gasteiger partial charge in [-0.05, 0) is 12.1 Å². The number of Topliss-reactive ketones (excluding diaryl/α,β-unsaturated/α-hetero) is 2. The van der Waals surface area contributed by atoms with Crippen molar-refractivity contribution in [3.63, 3.8) is 0 Å². The van der Waals surface area contributed by atoms with Crippen molar-refractivity contribution >= 4 is 39.8 Å². The Morgan fingerprint density at radius 1 is 0.875 bits per heavy atom. The molecule has 0 atom stereocenters. The number of nitrogens with zero attached hydrogens (tertiary/aromatic N) is 1. The summed E-state index contributed by atoms with van der Waals surface area (Å²) in [5.41, 5.74) is 2.21. The van der Waals surface area contributed by atoms with E-state index in [-0.39, 0.29) is 22.3 Å². The predicted octanol–water partition coefficient (Wildman–Crippen LogP) is 4.18. The molecular formula is C19H11ClN2O2. The molecule has 1 aromatic heterocycles. The van der Waals surface area contributed by atoms with Crippen LogP contribution in [0.4, 0.5) is 5.69 Å². The van der Waals surface area contributed by atoms with E-state index in [1.807, 2.05) is 30.3 Å². The van der Waals surface area contributed by atoms with E-state index >= 15 is 0 Å². The number of aromatic nitrogens is 1. The number of rotatable bonds is 2. The Hall–Kier alpha value is -2.98. The van der Waals surface area contributed by atoms with E-state index in [2.05, 4.69) is 10.3 Å². The number of ketones is 2. The van der Waals surface area contributed by atoms with Gasteiger partial charge in [0.1, 0.15) is 10.7 Å². The number of fused-ring (bicyclic) bond motifs is 2. The van der Waals surface area contributed by atoms with Crippen LogP contribution < -0.4 is 5.32 Å². The molecule has 0 saturated carbocycles. The van der Waals surface area contributed by atoms with Crippen LogP contribution in [-0.2, 0) is 0 Å². The van der Waals surface area contributed by atoms with E-state index in [1.54, 1.807) is 30.5 Å². The van der Waals surface area contributed by atoms with Gasteiger partial charge >= 0.3 is 0 Å². The van der Waals surface area contributed by atoms with Crippen LogP contribution in [-0.4, -0.2) is 16.6 Å². The molecule has 3 aromatic rings. The van der Waals surface area contributed by atoms with Gasteiger partial charge in [0.2, 0.25) is 11.6 Å². The fourth-order valence-corrected chi connectivity index (χ4v) is 2.98. The first-order valence-corrected chi connectivity index (χ1v) is 7.73.